The van der Waals surface area contributed by atoms with Crippen molar-refractivity contribution < 1.29 is 14.4 Å². The second-order valence-corrected chi connectivity index (χ2v) is 5.00. The highest BCUT2D eigenvalue weighted by Crippen LogP contribution is 2.32. The summed E-state index contributed by atoms with van der Waals surface area (Å²) in [6, 6.07) is -0.594. The minimum atomic E-state index is -0.594. The molecule has 0 aromatic heterocycles. The maximum absolute atomic E-state index is 12.0. The highest BCUT2D eigenvalue weighted by Gasteiger charge is 2.39. The average Bonchev–Trinajstić information content (AvgIpc) is 2.21. The molecule has 1 saturated heterocycles. The second kappa shape index (κ2) is 4.10. The van der Waals surface area contributed by atoms with Gasteiger partial charge in [0.25, 0.3) is 0 Å². The van der Waals surface area contributed by atoms with Crippen LogP contribution in [0.2, 0.25) is 0 Å². The molecule has 0 aromatic carbocycles. The summed E-state index contributed by atoms with van der Waals surface area (Å²) >= 11 is 0. The second-order valence-electron chi connectivity index (χ2n) is 5.00. The number of hydrogen-bond acceptors (Lipinski definition) is 4. The standard InChI is InChI=1S/C11H17N3O3/c1-7-10(17)13-8(15)6-14(7)9(16)5-11(12)3-2-4-11/h7H,2-6,12H2,1H3,(H,13,15,17). The van der Waals surface area contributed by atoms with Gasteiger partial charge in [0.1, 0.15) is 12.6 Å². The molecule has 0 bridgehead atoms. The Hall–Kier alpha value is -1.43. The molecule has 0 aromatic rings. The maximum atomic E-state index is 12.0. The van der Waals surface area contributed by atoms with Crippen molar-refractivity contribution in [2.24, 2.45) is 5.73 Å². The fourth-order valence-corrected chi connectivity index (χ4v) is 2.23. The van der Waals surface area contributed by atoms with Crippen molar-refractivity contribution in [2.45, 2.75) is 44.2 Å². The number of piperazine rings is 1. The number of amides is 3. The molecule has 2 fully saturated rings. The summed E-state index contributed by atoms with van der Waals surface area (Å²) in [5.74, 6) is -1.06. The van der Waals surface area contributed by atoms with Crippen LogP contribution in [0.5, 0.6) is 0 Å². The van der Waals surface area contributed by atoms with E-state index in [2.05, 4.69) is 5.32 Å². The molecule has 1 heterocycles. The predicted molar refractivity (Wildman–Crippen MR) is 59.7 cm³/mol. The summed E-state index contributed by atoms with van der Waals surface area (Å²) in [4.78, 5) is 36.0. The molecule has 0 spiro atoms. The van der Waals surface area contributed by atoms with Crippen LogP contribution in [-0.4, -0.2) is 40.7 Å². The van der Waals surface area contributed by atoms with E-state index >= 15 is 0 Å². The summed E-state index contributed by atoms with van der Waals surface area (Å²) < 4.78 is 0. The van der Waals surface area contributed by atoms with Gasteiger partial charge in [-0.3, -0.25) is 19.7 Å². The lowest BCUT2D eigenvalue weighted by Gasteiger charge is -2.40. The first-order valence-electron chi connectivity index (χ1n) is 5.83. The maximum Gasteiger partial charge on any atom is 0.249 e. The number of imide groups is 1. The fourth-order valence-electron chi connectivity index (χ4n) is 2.23. The Labute approximate surface area is 99.5 Å². The fraction of sp³-hybridized carbons (Fsp3) is 0.727. The molecule has 2 rings (SSSR count). The Balaban J connectivity index is 2.02. The molecule has 2 aliphatic rings. The van der Waals surface area contributed by atoms with E-state index in [-0.39, 0.29) is 18.9 Å². The number of nitrogens with zero attached hydrogens (tertiary/aromatic N) is 1. The number of carbonyl (C=O) groups is 3. The lowest BCUT2D eigenvalue weighted by molar-refractivity contribution is -0.150. The predicted octanol–water partition coefficient (Wildman–Crippen LogP) is -0.869. The molecule has 1 atom stereocenters. The number of nitrogens with one attached hydrogen (secondary N) is 1. The van der Waals surface area contributed by atoms with Gasteiger partial charge in [-0.1, -0.05) is 0 Å². The minimum Gasteiger partial charge on any atom is -0.325 e. The molecule has 6 nitrogen and oxygen atoms in total. The number of nitrogens with two attached hydrogens (primary N) is 1. The van der Waals surface area contributed by atoms with Crippen molar-refractivity contribution in [1.29, 1.82) is 0 Å². The van der Waals surface area contributed by atoms with Gasteiger partial charge in [-0.15, -0.1) is 0 Å². The third-order valence-electron chi connectivity index (χ3n) is 3.60. The summed E-state index contributed by atoms with van der Waals surface area (Å²) in [6.07, 6.45) is 2.93. The molecular weight excluding hydrogens is 222 g/mol. The van der Waals surface area contributed by atoms with E-state index in [1.165, 1.54) is 4.90 Å². The molecule has 6 heteroatoms. The van der Waals surface area contributed by atoms with Gasteiger partial charge < -0.3 is 10.6 Å². The third-order valence-corrected chi connectivity index (χ3v) is 3.60. The lowest BCUT2D eigenvalue weighted by Crippen LogP contribution is -2.60. The zero-order valence-electron chi connectivity index (χ0n) is 9.86. The van der Waals surface area contributed by atoms with Crippen LogP contribution < -0.4 is 11.1 Å². The van der Waals surface area contributed by atoms with E-state index in [0.717, 1.165) is 19.3 Å². The van der Waals surface area contributed by atoms with Gasteiger partial charge in [0.15, 0.2) is 0 Å². The van der Waals surface area contributed by atoms with Crippen molar-refractivity contribution >= 4 is 17.7 Å². The Morgan fingerprint density at radius 2 is 2.18 bits per heavy atom. The summed E-state index contributed by atoms with van der Waals surface area (Å²) in [5.41, 5.74) is 5.57. The van der Waals surface area contributed by atoms with Gasteiger partial charge >= 0.3 is 0 Å². The van der Waals surface area contributed by atoms with Crippen LogP contribution in [0.3, 0.4) is 0 Å². The van der Waals surface area contributed by atoms with Crippen LogP contribution in [0.25, 0.3) is 0 Å². The topological polar surface area (TPSA) is 92.5 Å². The highest BCUT2D eigenvalue weighted by atomic mass is 16.2. The first kappa shape index (κ1) is 12.0. The van der Waals surface area contributed by atoms with Gasteiger partial charge in [-0.25, -0.2) is 0 Å². The summed E-state index contributed by atoms with van der Waals surface area (Å²) in [6.45, 7) is 1.56. The monoisotopic (exact) mass is 239 g/mol. The molecule has 1 aliphatic heterocycles. The normalized spacial score (nSPS) is 27.4. The highest BCUT2D eigenvalue weighted by molar-refractivity contribution is 6.04. The van der Waals surface area contributed by atoms with Crippen LogP contribution in [0.1, 0.15) is 32.6 Å². The van der Waals surface area contributed by atoms with E-state index in [0.29, 0.717) is 0 Å². The largest absolute Gasteiger partial charge is 0.325 e. The Bertz CT molecular complexity index is 376. The van der Waals surface area contributed by atoms with Gasteiger partial charge in [0, 0.05) is 12.0 Å². The molecular formula is C11H17N3O3. The molecule has 1 aliphatic carbocycles. The molecule has 17 heavy (non-hydrogen) atoms. The Kier molecular flexibility index (Phi) is 2.91. The molecule has 94 valence electrons. The van der Waals surface area contributed by atoms with E-state index in [9.17, 15) is 14.4 Å². The number of hydrogen-bond donors (Lipinski definition) is 2. The Morgan fingerprint density at radius 1 is 1.53 bits per heavy atom. The Morgan fingerprint density at radius 3 is 2.71 bits per heavy atom. The molecule has 1 saturated carbocycles. The summed E-state index contributed by atoms with van der Waals surface area (Å²) in [5, 5.41) is 2.20. The van der Waals surface area contributed by atoms with Crippen molar-refractivity contribution in [3.63, 3.8) is 0 Å². The van der Waals surface area contributed by atoms with Crippen molar-refractivity contribution in [3.8, 4) is 0 Å². The van der Waals surface area contributed by atoms with Crippen molar-refractivity contribution in [1.82, 2.24) is 10.2 Å². The average molecular weight is 239 g/mol. The third kappa shape index (κ3) is 2.31. The van der Waals surface area contributed by atoms with Crippen molar-refractivity contribution in [2.75, 3.05) is 6.54 Å². The van der Waals surface area contributed by atoms with Gasteiger partial charge in [-0.05, 0) is 26.2 Å². The first-order valence-corrected chi connectivity index (χ1v) is 5.83. The summed E-state index contributed by atoms with van der Waals surface area (Å²) in [7, 11) is 0. The zero-order valence-corrected chi connectivity index (χ0v) is 9.86. The van der Waals surface area contributed by atoms with Crippen LogP contribution in [0, 0.1) is 0 Å². The minimum absolute atomic E-state index is 0.0538. The number of rotatable bonds is 2. The van der Waals surface area contributed by atoms with E-state index in [1.54, 1.807) is 6.92 Å². The molecule has 3 N–H and O–H groups in total. The zero-order chi connectivity index (χ0) is 12.6. The SMILES string of the molecule is CC1C(=O)NC(=O)CN1C(=O)CC1(N)CCC1. The quantitative estimate of drug-likeness (QED) is 0.613. The smallest absolute Gasteiger partial charge is 0.249 e. The van der Waals surface area contributed by atoms with Crippen LogP contribution >= 0.6 is 0 Å². The number of carbonyl (C=O) groups excluding carboxylic acids is 3. The molecule has 0 radical (unpaired) electrons. The van der Waals surface area contributed by atoms with Crippen LogP contribution in [-0.2, 0) is 14.4 Å². The van der Waals surface area contributed by atoms with E-state index in [1.807, 2.05) is 0 Å². The first-order chi connectivity index (χ1) is 7.91. The van der Waals surface area contributed by atoms with Gasteiger partial charge in [0.05, 0.1) is 0 Å². The van der Waals surface area contributed by atoms with Crippen molar-refractivity contribution in [3.05, 3.63) is 0 Å². The van der Waals surface area contributed by atoms with Gasteiger partial charge in [-0.2, -0.15) is 0 Å². The van der Waals surface area contributed by atoms with Crippen LogP contribution in [0.4, 0.5) is 0 Å². The van der Waals surface area contributed by atoms with E-state index in [4.69, 9.17) is 5.73 Å². The van der Waals surface area contributed by atoms with Crippen LogP contribution in [0.15, 0.2) is 0 Å². The molecule has 1 unspecified atom stereocenters. The molecule has 3 amide bonds. The van der Waals surface area contributed by atoms with Gasteiger partial charge in [0.2, 0.25) is 17.7 Å². The van der Waals surface area contributed by atoms with E-state index < -0.39 is 23.4 Å². The lowest BCUT2D eigenvalue weighted by atomic mass is 9.75.